The smallest absolute Gasteiger partial charge is 0.157 e. The van der Waals surface area contributed by atoms with Crippen LogP contribution in [0.4, 0.5) is 0 Å². The number of hydrogen-bond donors (Lipinski definition) is 1. The summed E-state index contributed by atoms with van der Waals surface area (Å²) in [6.07, 6.45) is 6.73. The Morgan fingerprint density at radius 3 is 2.43 bits per heavy atom. The van der Waals surface area contributed by atoms with E-state index in [1.807, 2.05) is 0 Å². The van der Waals surface area contributed by atoms with E-state index in [4.69, 9.17) is 5.41 Å². The third-order valence-electron chi connectivity index (χ3n) is 3.20. The molecule has 1 aliphatic heterocycles. The second-order valence-electron chi connectivity index (χ2n) is 5.09. The number of amidine groups is 1. The van der Waals surface area contributed by atoms with Gasteiger partial charge in [0.15, 0.2) is 5.17 Å². The predicted octanol–water partition coefficient (Wildman–Crippen LogP) is 3.08. The van der Waals surface area contributed by atoms with E-state index in [9.17, 15) is 0 Å². The molecule has 0 aromatic rings. The summed E-state index contributed by atoms with van der Waals surface area (Å²) >= 11 is 1.73. The van der Waals surface area contributed by atoms with Crippen LogP contribution in [-0.4, -0.2) is 27.4 Å². The van der Waals surface area contributed by atoms with Gasteiger partial charge in [0.1, 0.15) is 0 Å². The third kappa shape index (κ3) is 2.08. The zero-order valence-corrected chi connectivity index (χ0v) is 9.99. The van der Waals surface area contributed by atoms with Crippen molar-refractivity contribution in [1.82, 2.24) is 4.90 Å². The number of rotatable bonds is 1. The molecule has 0 atom stereocenters. The van der Waals surface area contributed by atoms with Crippen LogP contribution in [0, 0.1) is 5.41 Å². The van der Waals surface area contributed by atoms with E-state index in [2.05, 4.69) is 18.7 Å². The fraction of sp³-hybridized carbons (Fsp3) is 0.909. The van der Waals surface area contributed by atoms with Crippen molar-refractivity contribution in [3.63, 3.8) is 0 Å². The van der Waals surface area contributed by atoms with Crippen molar-refractivity contribution in [2.24, 2.45) is 0 Å². The van der Waals surface area contributed by atoms with Gasteiger partial charge in [-0.05, 0) is 26.7 Å². The molecule has 2 aliphatic rings. The summed E-state index contributed by atoms with van der Waals surface area (Å²) in [5, 5.41) is 8.79. The normalized spacial score (nSPS) is 28.4. The first-order valence-corrected chi connectivity index (χ1v) is 6.44. The highest BCUT2D eigenvalue weighted by molar-refractivity contribution is 8.15. The van der Waals surface area contributed by atoms with Crippen LogP contribution < -0.4 is 0 Å². The fourth-order valence-electron chi connectivity index (χ4n) is 2.52. The largest absolute Gasteiger partial charge is 0.347 e. The summed E-state index contributed by atoms with van der Waals surface area (Å²) in [7, 11) is 0. The number of hydrogen-bond acceptors (Lipinski definition) is 2. The van der Waals surface area contributed by atoms with E-state index >= 15 is 0 Å². The summed E-state index contributed by atoms with van der Waals surface area (Å²) in [6, 6.07) is 0.672. The molecule has 0 spiro atoms. The molecule has 2 rings (SSSR count). The van der Waals surface area contributed by atoms with Crippen molar-refractivity contribution in [1.29, 1.82) is 5.41 Å². The zero-order chi connectivity index (χ0) is 10.2. The van der Waals surface area contributed by atoms with Crippen molar-refractivity contribution in [3.8, 4) is 0 Å². The lowest BCUT2D eigenvalue weighted by atomic mass is 9.94. The van der Waals surface area contributed by atoms with Crippen molar-refractivity contribution < 1.29 is 0 Å². The number of thioether (sulfide) groups is 1. The molecule has 2 fully saturated rings. The molecule has 1 heterocycles. The van der Waals surface area contributed by atoms with Crippen LogP contribution in [0.2, 0.25) is 0 Å². The average Bonchev–Trinajstić information content (AvgIpc) is 2.41. The molecule has 0 aromatic carbocycles. The quantitative estimate of drug-likeness (QED) is 0.723. The molecule has 14 heavy (non-hydrogen) atoms. The first-order chi connectivity index (χ1) is 6.58. The Bertz CT molecular complexity index is 231. The Kier molecular flexibility index (Phi) is 2.78. The topological polar surface area (TPSA) is 27.1 Å². The van der Waals surface area contributed by atoms with E-state index in [0.717, 1.165) is 11.7 Å². The predicted molar refractivity (Wildman–Crippen MR) is 63.0 cm³/mol. The molecular weight excluding hydrogens is 192 g/mol. The lowest BCUT2D eigenvalue weighted by Crippen LogP contribution is -2.39. The molecule has 0 amide bonds. The van der Waals surface area contributed by atoms with Crippen LogP contribution in [0.1, 0.15) is 46.0 Å². The highest BCUT2D eigenvalue weighted by Gasteiger charge is 2.37. The van der Waals surface area contributed by atoms with Crippen LogP contribution in [0.5, 0.6) is 0 Å². The Hall–Kier alpha value is -0.180. The SMILES string of the molecule is CC1(C)CN(C2CCCCC2)C(=N)S1. The van der Waals surface area contributed by atoms with Gasteiger partial charge >= 0.3 is 0 Å². The Labute approximate surface area is 90.9 Å². The van der Waals surface area contributed by atoms with Gasteiger partial charge in [0.2, 0.25) is 0 Å². The minimum Gasteiger partial charge on any atom is -0.347 e. The molecule has 0 aromatic heterocycles. The maximum atomic E-state index is 7.99. The summed E-state index contributed by atoms with van der Waals surface area (Å²) < 4.78 is 0.258. The summed E-state index contributed by atoms with van der Waals surface area (Å²) in [5.41, 5.74) is 0. The van der Waals surface area contributed by atoms with Gasteiger partial charge in [-0.1, -0.05) is 31.0 Å². The van der Waals surface area contributed by atoms with Gasteiger partial charge < -0.3 is 4.90 Å². The molecule has 2 nitrogen and oxygen atoms in total. The first-order valence-electron chi connectivity index (χ1n) is 5.63. The highest BCUT2D eigenvalue weighted by Crippen LogP contribution is 2.38. The van der Waals surface area contributed by atoms with E-state index in [1.54, 1.807) is 11.8 Å². The molecule has 1 N–H and O–H groups in total. The van der Waals surface area contributed by atoms with Gasteiger partial charge in [-0.3, -0.25) is 5.41 Å². The van der Waals surface area contributed by atoms with Gasteiger partial charge in [-0.2, -0.15) is 0 Å². The van der Waals surface area contributed by atoms with Crippen molar-refractivity contribution in [2.75, 3.05) is 6.54 Å². The molecule has 0 radical (unpaired) electrons. The molecule has 3 heteroatoms. The second-order valence-corrected chi connectivity index (χ2v) is 6.78. The van der Waals surface area contributed by atoms with Crippen molar-refractivity contribution in [2.45, 2.75) is 56.7 Å². The summed E-state index contributed by atoms with van der Waals surface area (Å²) in [6.45, 7) is 5.56. The maximum absolute atomic E-state index is 7.99. The van der Waals surface area contributed by atoms with Gasteiger partial charge in [0.25, 0.3) is 0 Å². The number of nitrogens with zero attached hydrogens (tertiary/aromatic N) is 1. The monoisotopic (exact) mass is 212 g/mol. The van der Waals surface area contributed by atoms with E-state index in [-0.39, 0.29) is 4.75 Å². The first kappa shape index (κ1) is 10.3. The molecule has 80 valence electrons. The van der Waals surface area contributed by atoms with Gasteiger partial charge in [0, 0.05) is 17.3 Å². The lowest BCUT2D eigenvalue weighted by Gasteiger charge is -2.32. The molecular formula is C11H20N2S. The molecule has 0 unspecified atom stereocenters. The van der Waals surface area contributed by atoms with Crippen molar-refractivity contribution in [3.05, 3.63) is 0 Å². The fourth-order valence-corrected chi connectivity index (χ4v) is 3.58. The highest BCUT2D eigenvalue weighted by atomic mass is 32.2. The third-order valence-corrected chi connectivity index (χ3v) is 4.31. The summed E-state index contributed by atoms with van der Waals surface area (Å²) in [4.78, 5) is 2.34. The Morgan fingerprint density at radius 1 is 1.29 bits per heavy atom. The standard InChI is InChI=1S/C11H20N2S/c1-11(2)8-13(10(12)14-11)9-6-4-3-5-7-9/h9,12H,3-8H2,1-2H3. The minimum atomic E-state index is 0.258. The van der Waals surface area contributed by atoms with Gasteiger partial charge in [-0.25, -0.2) is 0 Å². The molecule has 1 aliphatic carbocycles. The second kappa shape index (κ2) is 3.76. The van der Waals surface area contributed by atoms with E-state index < -0.39 is 0 Å². The van der Waals surface area contributed by atoms with Crippen LogP contribution in [-0.2, 0) is 0 Å². The molecule has 0 bridgehead atoms. The zero-order valence-electron chi connectivity index (χ0n) is 9.18. The number of nitrogens with one attached hydrogen (secondary N) is 1. The Balaban J connectivity index is 2.00. The lowest BCUT2D eigenvalue weighted by molar-refractivity contribution is 0.242. The van der Waals surface area contributed by atoms with Crippen LogP contribution in [0.15, 0.2) is 0 Å². The van der Waals surface area contributed by atoms with Crippen LogP contribution >= 0.6 is 11.8 Å². The van der Waals surface area contributed by atoms with Gasteiger partial charge in [0.05, 0.1) is 0 Å². The minimum absolute atomic E-state index is 0.258. The van der Waals surface area contributed by atoms with E-state index in [0.29, 0.717) is 6.04 Å². The maximum Gasteiger partial charge on any atom is 0.157 e. The molecule has 1 saturated heterocycles. The summed E-state index contributed by atoms with van der Waals surface area (Å²) in [5.74, 6) is 0. The van der Waals surface area contributed by atoms with Gasteiger partial charge in [-0.15, -0.1) is 0 Å². The average molecular weight is 212 g/mol. The molecule has 1 saturated carbocycles. The van der Waals surface area contributed by atoms with Crippen molar-refractivity contribution >= 4 is 16.9 Å². The van der Waals surface area contributed by atoms with Crippen LogP contribution in [0.25, 0.3) is 0 Å². The van der Waals surface area contributed by atoms with E-state index in [1.165, 1.54) is 32.1 Å². The Morgan fingerprint density at radius 2 is 1.93 bits per heavy atom. The van der Waals surface area contributed by atoms with Crippen LogP contribution in [0.3, 0.4) is 0 Å².